The molecule has 6 heteroatoms. The van der Waals surface area contributed by atoms with Crippen LogP contribution in [0, 0.1) is 5.82 Å². The highest BCUT2D eigenvalue weighted by atomic mass is 19.4. The molecule has 0 spiro atoms. The highest BCUT2D eigenvalue weighted by Crippen LogP contribution is 2.30. The van der Waals surface area contributed by atoms with Gasteiger partial charge in [0.05, 0.1) is 0 Å². The maximum Gasteiger partial charge on any atom is 0.425 e. The van der Waals surface area contributed by atoms with Crippen molar-refractivity contribution >= 4 is 0 Å². The van der Waals surface area contributed by atoms with E-state index in [4.69, 9.17) is 4.74 Å². The summed E-state index contributed by atoms with van der Waals surface area (Å²) in [6.07, 6.45) is -6.39. The fourth-order valence-corrected chi connectivity index (χ4v) is 1.38. The predicted molar refractivity (Wildman–Crippen MR) is 60.0 cm³/mol. The van der Waals surface area contributed by atoms with Crippen LogP contribution in [0.5, 0.6) is 5.75 Å². The molecule has 2 nitrogen and oxygen atoms in total. The molecule has 0 aliphatic heterocycles. The van der Waals surface area contributed by atoms with Crippen molar-refractivity contribution in [1.82, 2.24) is 5.32 Å². The van der Waals surface area contributed by atoms with Gasteiger partial charge in [0.1, 0.15) is 11.6 Å². The molecule has 18 heavy (non-hydrogen) atoms. The first kappa shape index (κ1) is 14.8. The lowest BCUT2D eigenvalue weighted by Crippen LogP contribution is -2.31. The Labute approximate surface area is 103 Å². The van der Waals surface area contributed by atoms with Gasteiger partial charge in [-0.15, -0.1) is 0 Å². The molecular formula is C12H15F4NO. The second kappa shape index (κ2) is 5.56. The lowest BCUT2D eigenvalue weighted by molar-refractivity contribution is -0.189. The maximum atomic E-state index is 13.1. The van der Waals surface area contributed by atoms with E-state index in [9.17, 15) is 17.6 Å². The van der Waals surface area contributed by atoms with Crippen LogP contribution in [-0.4, -0.2) is 19.3 Å². The standard InChI is InChI=1S/C12H15F4NO/c1-7(17-3)10-6-9(13)4-5-11(10)18-8(2)12(14,15)16/h4-8,17H,1-3H3. The minimum absolute atomic E-state index is 0.0306. The van der Waals surface area contributed by atoms with E-state index < -0.39 is 18.1 Å². The normalized spacial score (nSPS) is 15.3. The quantitative estimate of drug-likeness (QED) is 0.842. The van der Waals surface area contributed by atoms with Gasteiger partial charge in [0.15, 0.2) is 6.10 Å². The van der Waals surface area contributed by atoms with Gasteiger partial charge < -0.3 is 10.1 Å². The number of hydrogen-bond donors (Lipinski definition) is 1. The number of ether oxygens (including phenoxy) is 1. The molecule has 0 saturated heterocycles. The first-order valence-electron chi connectivity index (χ1n) is 5.45. The first-order chi connectivity index (χ1) is 8.25. The largest absolute Gasteiger partial charge is 0.481 e. The molecule has 1 rings (SSSR count). The Morgan fingerprint density at radius 2 is 1.83 bits per heavy atom. The average molecular weight is 265 g/mol. The summed E-state index contributed by atoms with van der Waals surface area (Å²) in [6.45, 7) is 2.62. The SMILES string of the molecule is CNC(C)c1cc(F)ccc1OC(C)C(F)(F)F. The molecular weight excluding hydrogens is 250 g/mol. The predicted octanol–water partition coefficient (Wildman–Crippen LogP) is 3.44. The number of alkyl halides is 3. The lowest BCUT2D eigenvalue weighted by Gasteiger charge is -2.22. The Hall–Kier alpha value is -1.30. The van der Waals surface area contributed by atoms with Gasteiger partial charge in [-0.2, -0.15) is 13.2 Å². The Balaban J connectivity index is 3.01. The van der Waals surface area contributed by atoms with E-state index in [1.807, 2.05) is 0 Å². The van der Waals surface area contributed by atoms with Crippen molar-refractivity contribution in [2.45, 2.75) is 32.2 Å². The molecule has 1 aromatic carbocycles. The highest BCUT2D eigenvalue weighted by Gasteiger charge is 2.38. The minimum atomic E-state index is -4.45. The zero-order chi connectivity index (χ0) is 13.9. The van der Waals surface area contributed by atoms with E-state index >= 15 is 0 Å². The summed E-state index contributed by atoms with van der Waals surface area (Å²) in [6, 6.07) is 3.14. The topological polar surface area (TPSA) is 21.3 Å². The van der Waals surface area contributed by atoms with Gasteiger partial charge in [0.25, 0.3) is 0 Å². The highest BCUT2D eigenvalue weighted by molar-refractivity contribution is 5.36. The molecule has 0 amide bonds. The van der Waals surface area contributed by atoms with Crippen molar-refractivity contribution in [2.75, 3.05) is 7.05 Å². The molecule has 102 valence electrons. The van der Waals surface area contributed by atoms with E-state index in [-0.39, 0.29) is 11.8 Å². The number of halogens is 4. The zero-order valence-corrected chi connectivity index (χ0v) is 10.3. The van der Waals surface area contributed by atoms with E-state index in [1.165, 1.54) is 12.1 Å². The van der Waals surface area contributed by atoms with Crippen LogP contribution in [0.2, 0.25) is 0 Å². The second-order valence-electron chi connectivity index (χ2n) is 3.99. The summed E-state index contributed by atoms with van der Waals surface area (Å²) in [5, 5.41) is 2.83. The molecule has 0 aromatic heterocycles. The fourth-order valence-electron chi connectivity index (χ4n) is 1.38. The van der Waals surface area contributed by atoms with E-state index in [1.54, 1.807) is 14.0 Å². The summed E-state index contributed by atoms with van der Waals surface area (Å²) in [5.41, 5.74) is 0.355. The van der Waals surface area contributed by atoms with Crippen LogP contribution in [0.15, 0.2) is 18.2 Å². The molecule has 1 aromatic rings. The van der Waals surface area contributed by atoms with Crippen LogP contribution in [0.3, 0.4) is 0 Å². The molecule has 0 fully saturated rings. The summed E-state index contributed by atoms with van der Waals surface area (Å²) < 4.78 is 55.2. The summed E-state index contributed by atoms with van der Waals surface area (Å²) >= 11 is 0. The van der Waals surface area contributed by atoms with E-state index in [0.29, 0.717) is 5.56 Å². The van der Waals surface area contributed by atoms with Gasteiger partial charge in [0, 0.05) is 11.6 Å². The van der Waals surface area contributed by atoms with Gasteiger partial charge in [-0.3, -0.25) is 0 Å². The van der Waals surface area contributed by atoms with Crippen molar-refractivity contribution < 1.29 is 22.3 Å². The molecule has 1 N–H and O–H groups in total. The smallest absolute Gasteiger partial charge is 0.425 e. The number of rotatable bonds is 4. The Morgan fingerprint density at radius 1 is 1.22 bits per heavy atom. The maximum absolute atomic E-state index is 13.1. The average Bonchev–Trinajstić information content (AvgIpc) is 2.29. The Bertz CT molecular complexity index is 406. The number of benzene rings is 1. The van der Waals surface area contributed by atoms with Crippen molar-refractivity contribution in [3.05, 3.63) is 29.6 Å². The van der Waals surface area contributed by atoms with Gasteiger partial charge >= 0.3 is 6.18 Å². The summed E-state index contributed by atoms with van der Waals surface area (Å²) in [7, 11) is 1.63. The van der Waals surface area contributed by atoms with E-state index in [2.05, 4.69) is 5.32 Å². The van der Waals surface area contributed by atoms with E-state index in [0.717, 1.165) is 13.0 Å². The third-order valence-electron chi connectivity index (χ3n) is 2.64. The second-order valence-corrected chi connectivity index (χ2v) is 3.99. The third kappa shape index (κ3) is 3.60. The molecule has 2 atom stereocenters. The molecule has 0 aliphatic carbocycles. The molecule has 0 heterocycles. The van der Waals surface area contributed by atoms with Crippen molar-refractivity contribution in [2.24, 2.45) is 0 Å². The zero-order valence-electron chi connectivity index (χ0n) is 10.3. The molecule has 2 unspecified atom stereocenters. The monoisotopic (exact) mass is 265 g/mol. The molecule has 0 radical (unpaired) electrons. The lowest BCUT2D eigenvalue weighted by atomic mass is 10.1. The van der Waals surface area contributed by atoms with Gasteiger partial charge in [-0.1, -0.05) is 0 Å². The van der Waals surface area contributed by atoms with Crippen molar-refractivity contribution in [1.29, 1.82) is 0 Å². The van der Waals surface area contributed by atoms with Crippen molar-refractivity contribution in [3.8, 4) is 5.75 Å². The Kier molecular flexibility index (Phi) is 4.56. The van der Waals surface area contributed by atoms with Crippen LogP contribution >= 0.6 is 0 Å². The van der Waals surface area contributed by atoms with Crippen LogP contribution in [0.1, 0.15) is 25.5 Å². The van der Waals surface area contributed by atoms with Crippen LogP contribution in [-0.2, 0) is 0 Å². The van der Waals surface area contributed by atoms with Gasteiger partial charge in [-0.25, -0.2) is 4.39 Å². The van der Waals surface area contributed by atoms with Gasteiger partial charge in [0.2, 0.25) is 0 Å². The number of nitrogens with one attached hydrogen (secondary N) is 1. The fraction of sp³-hybridized carbons (Fsp3) is 0.500. The minimum Gasteiger partial charge on any atom is -0.481 e. The molecule has 0 bridgehead atoms. The first-order valence-corrected chi connectivity index (χ1v) is 5.45. The van der Waals surface area contributed by atoms with Crippen LogP contribution in [0.25, 0.3) is 0 Å². The van der Waals surface area contributed by atoms with Crippen LogP contribution < -0.4 is 10.1 Å². The van der Waals surface area contributed by atoms with Crippen molar-refractivity contribution in [3.63, 3.8) is 0 Å². The molecule has 0 saturated carbocycles. The summed E-state index contributed by atoms with van der Waals surface area (Å²) in [5.74, 6) is -0.484. The molecule has 0 aliphatic rings. The number of hydrogen-bond acceptors (Lipinski definition) is 2. The van der Waals surface area contributed by atoms with Crippen LogP contribution in [0.4, 0.5) is 17.6 Å². The Morgan fingerprint density at radius 3 is 2.33 bits per heavy atom. The third-order valence-corrected chi connectivity index (χ3v) is 2.64. The van der Waals surface area contributed by atoms with Gasteiger partial charge in [-0.05, 0) is 39.1 Å². The summed E-state index contributed by atoms with van der Waals surface area (Å²) in [4.78, 5) is 0.